The number of nitrogens with zero attached hydrogens (tertiary/aromatic N) is 3. The fourth-order valence-corrected chi connectivity index (χ4v) is 6.39. The molecular weight excluding hydrogens is 506 g/mol. The van der Waals surface area contributed by atoms with E-state index < -0.39 is 63.9 Å². The fraction of sp³-hybridized carbons (Fsp3) is 0.478. The minimum atomic E-state index is -1.52. The molecular formula is C23H27N5O8S. The molecule has 1 aromatic rings. The largest absolute Gasteiger partial charge is 0.508 e. The molecule has 4 rings (SSSR count). The first-order chi connectivity index (χ1) is 17.4. The zero-order valence-corrected chi connectivity index (χ0v) is 21.2. The summed E-state index contributed by atoms with van der Waals surface area (Å²) >= 11 is 1.24. The number of hydrogen-bond donors (Lipinski definition) is 4. The number of likely N-dealkylation sites (N-methyl/N-ethyl adjacent to an activating group) is 1. The van der Waals surface area contributed by atoms with Gasteiger partial charge in [-0.2, -0.15) is 0 Å². The number of carbonyl (C=O) groups is 6. The molecule has 13 nitrogen and oxygen atoms in total. The number of carboxylic acid groups (broad SMARTS) is 1. The van der Waals surface area contributed by atoms with Crippen LogP contribution in [0.1, 0.15) is 32.4 Å². The van der Waals surface area contributed by atoms with Crippen LogP contribution in [0.3, 0.4) is 0 Å². The molecule has 4 atom stereocenters. The summed E-state index contributed by atoms with van der Waals surface area (Å²) in [5.41, 5.74) is 0.00534. The maximum absolute atomic E-state index is 13.4. The number of rotatable bonds is 6. The molecule has 3 aliphatic heterocycles. The molecule has 3 aliphatic rings. The number of benzene rings is 1. The van der Waals surface area contributed by atoms with Gasteiger partial charge in [0, 0.05) is 29.9 Å². The van der Waals surface area contributed by atoms with Crippen molar-refractivity contribution in [1.82, 2.24) is 25.3 Å². The summed E-state index contributed by atoms with van der Waals surface area (Å²) in [4.78, 5) is 78.8. The van der Waals surface area contributed by atoms with Crippen LogP contribution in [-0.4, -0.2) is 102 Å². The zero-order chi connectivity index (χ0) is 27.2. The third-order valence-corrected chi connectivity index (χ3v) is 8.26. The molecule has 198 valence electrons. The van der Waals surface area contributed by atoms with Gasteiger partial charge in [0.2, 0.25) is 11.8 Å². The van der Waals surface area contributed by atoms with E-state index in [1.807, 2.05) is 0 Å². The summed E-state index contributed by atoms with van der Waals surface area (Å²) in [7, 11) is 0. The van der Waals surface area contributed by atoms with Gasteiger partial charge in [-0.25, -0.2) is 9.59 Å². The Morgan fingerprint density at radius 2 is 1.81 bits per heavy atom. The lowest BCUT2D eigenvalue weighted by Crippen LogP contribution is -2.71. The Morgan fingerprint density at radius 3 is 2.43 bits per heavy atom. The molecule has 0 unspecified atom stereocenters. The van der Waals surface area contributed by atoms with Gasteiger partial charge in [0.05, 0.1) is 0 Å². The highest BCUT2D eigenvalue weighted by atomic mass is 32.2. The maximum Gasteiger partial charge on any atom is 0.327 e. The molecule has 3 fully saturated rings. The quantitative estimate of drug-likeness (QED) is 0.276. The van der Waals surface area contributed by atoms with Gasteiger partial charge in [-0.1, -0.05) is 18.2 Å². The number of imide groups is 1. The number of hydrogen-bond acceptors (Lipinski definition) is 8. The Hall–Kier alpha value is -3.81. The van der Waals surface area contributed by atoms with Crippen molar-refractivity contribution in [2.75, 3.05) is 19.6 Å². The summed E-state index contributed by atoms with van der Waals surface area (Å²) in [5.74, 6) is -4.79. The number of phenolic OH excluding ortho intramolecular Hbond substituents is 1. The molecule has 3 heterocycles. The molecule has 0 aromatic heterocycles. The highest BCUT2D eigenvalue weighted by Crippen LogP contribution is 2.50. The van der Waals surface area contributed by atoms with Crippen LogP contribution >= 0.6 is 11.8 Å². The second-order valence-electron chi connectivity index (χ2n) is 9.37. The summed E-state index contributed by atoms with van der Waals surface area (Å²) in [6.45, 7) is 5.44. The number of para-hydroxylation sites is 1. The lowest BCUT2D eigenvalue weighted by molar-refractivity contribution is -0.161. The molecule has 1 aromatic carbocycles. The summed E-state index contributed by atoms with van der Waals surface area (Å²) in [6, 6.07) is 1.09. The highest BCUT2D eigenvalue weighted by molar-refractivity contribution is 8.01. The first-order valence-corrected chi connectivity index (χ1v) is 12.5. The molecule has 0 spiro atoms. The molecule has 0 saturated carbocycles. The van der Waals surface area contributed by atoms with Crippen molar-refractivity contribution >= 4 is 47.4 Å². The fourth-order valence-electron chi connectivity index (χ4n) is 4.77. The van der Waals surface area contributed by atoms with E-state index in [1.165, 1.54) is 45.8 Å². The molecule has 0 aliphatic carbocycles. The Labute approximate surface area is 216 Å². The Kier molecular flexibility index (Phi) is 6.79. The van der Waals surface area contributed by atoms with E-state index in [9.17, 15) is 39.0 Å². The van der Waals surface area contributed by atoms with Gasteiger partial charge in [-0.3, -0.25) is 24.1 Å². The first kappa shape index (κ1) is 26.3. The van der Waals surface area contributed by atoms with Crippen LogP contribution in [0.4, 0.5) is 4.79 Å². The van der Waals surface area contributed by atoms with Crippen molar-refractivity contribution in [3.8, 4) is 5.75 Å². The summed E-state index contributed by atoms with van der Waals surface area (Å²) in [6.07, 6.45) is 0. The third-order valence-electron chi connectivity index (χ3n) is 6.69. The van der Waals surface area contributed by atoms with Crippen LogP contribution in [-0.2, 0) is 24.0 Å². The number of carbonyl (C=O) groups excluding carboxylic acids is 5. The minimum Gasteiger partial charge on any atom is -0.508 e. The standard InChI is InChI=1S/C23H27N5O8S/c1-4-26-9-10-27(19(33)18(26)32)22(36)25-13(11-7-5-6-8-12(11)29)16(30)24-14-17(31)28-15(21(34)35)23(2,3)37-20(14)28/h5-8,13-15,20,29H,4,9-10H2,1-3H3,(H,24,30)(H,25,36)(H,34,35)/t13-,14-,15+,20-/m1/s1. The van der Waals surface area contributed by atoms with Crippen molar-refractivity contribution in [1.29, 1.82) is 0 Å². The molecule has 0 radical (unpaired) electrons. The number of fused-ring (bicyclic) bond motifs is 1. The van der Waals surface area contributed by atoms with Gasteiger partial charge in [0.15, 0.2) is 0 Å². The predicted molar refractivity (Wildman–Crippen MR) is 129 cm³/mol. The van der Waals surface area contributed by atoms with Gasteiger partial charge in [-0.15, -0.1) is 11.8 Å². The van der Waals surface area contributed by atoms with Crippen molar-refractivity contribution in [3.63, 3.8) is 0 Å². The molecule has 4 N–H and O–H groups in total. The Balaban J connectivity index is 1.54. The molecule has 3 saturated heterocycles. The predicted octanol–water partition coefficient (Wildman–Crippen LogP) is -0.535. The summed E-state index contributed by atoms with van der Waals surface area (Å²) < 4.78 is -0.801. The Bertz CT molecular complexity index is 1190. The van der Waals surface area contributed by atoms with Crippen molar-refractivity contribution in [2.24, 2.45) is 0 Å². The number of urea groups is 1. The minimum absolute atomic E-state index is 0.00534. The van der Waals surface area contributed by atoms with E-state index in [-0.39, 0.29) is 24.4 Å². The van der Waals surface area contributed by atoms with Crippen LogP contribution in [0.5, 0.6) is 5.75 Å². The van der Waals surface area contributed by atoms with Gasteiger partial charge in [0.1, 0.15) is 29.2 Å². The van der Waals surface area contributed by atoms with Crippen LogP contribution in [0.25, 0.3) is 0 Å². The SMILES string of the molecule is CCN1CCN(C(=O)N[C@@H](C(=O)N[C@@H]2C(=O)N3[C@@H]2SC(C)(C)[C@@H]3C(=O)O)c2ccccc2O)C(=O)C1=O. The third kappa shape index (κ3) is 4.45. The van der Waals surface area contributed by atoms with E-state index >= 15 is 0 Å². The molecule has 14 heteroatoms. The number of β-lactam (4-membered cyclic amide) rings is 1. The van der Waals surface area contributed by atoms with E-state index in [0.717, 1.165) is 0 Å². The van der Waals surface area contributed by atoms with E-state index in [4.69, 9.17) is 0 Å². The lowest BCUT2D eigenvalue weighted by Gasteiger charge is -2.44. The average molecular weight is 534 g/mol. The first-order valence-electron chi connectivity index (χ1n) is 11.6. The van der Waals surface area contributed by atoms with Crippen molar-refractivity contribution in [3.05, 3.63) is 29.8 Å². The lowest BCUT2D eigenvalue weighted by atomic mass is 9.95. The molecule has 37 heavy (non-hydrogen) atoms. The number of piperazine rings is 1. The molecule has 0 bridgehead atoms. The monoisotopic (exact) mass is 533 g/mol. The van der Waals surface area contributed by atoms with Crippen LogP contribution in [0.15, 0.2) is 24.3 Å². The van der Waals surface area contributed by atoms with Gasteiger partial charge < -0.3 is 30.6 Å². The van der Waals surface area contributed by atoms with E-state index in [1.54, 1.807) is 20.8 Å². The summed E-state index contributed by atoms with van der Waals surface area (Å²) in [5, 5.41) is 24.3. The van der Waals surface area contributed by atoms with Crippen LogP contribution in [0.2, 0.25) is 0 Å². The van der Waals surface area contributed by atoms with Crippen molar-refractivity contribution in [2.45, 2.75) is 49.0 Å². The second kappa shape index (κ2) is 9.57. The van der Waals surface area contributed by atoms with Crippen LogP contribution in [0, 0.1) is 0 Å². The van der Waals surface area contributed by atoms with Gasteiger partial charge in [-0.05, 0) is 26.8 Å². The number of aromatic hydroxyl groups is 1. The van der Waals surface area contributed by atoms with Gasteiger partial charge in [0.25, 0.3) is 0 Å². The van der Waals surface area contributed by atoms with Crippen molar-refractivity contribution < 1.29 is 39.0 Å². The number of carboxylic acids is 1. The van der Waals surface area contributed by atoms with E-state index in [0.29, 0.717) is 11.4 Å². The average Bonchev–Trinajstić information content (AvgIpc) is 3.10. The van der Waals surface area contributed by atoms with E-state index in [2.05, 4.69) is 10.6 Å². The number of thioether (sulfide) groups is 1. The van der Waals surface area contributed by atoms with Crippen LogP contribution < -0.4 is 10.6 Å². The maximum atomic E-state index is 13.4. The second-order valence-corrected chi connectivity index (χ2v) is 11.1. The normalized spacial score (nSPS) is 25.3. The number of amides is 6. The highest BCUT2D eigenvalue weighted by Gasteiger charge is 2.64. The zero-order valence-electron chi connectivity index (χ0n) is 20.3. The smallest absolute Gasteiger partial charge is 0.327 e. The number of nitrogens with one attached hydrogen (secondary N) is 2. The number of phenols is 1. The Morgan fingerprint density at radius 1 is 1.14 bits per heavy atom. The molecule has 6 amide bonds. The topological polar surface area (TPSA) is 177 Å². The number of aliphatic carboxylic acids is 1. The van der Waals surface area contributed by atoms with Gasteiger partial charge >= 0.3 is 23.8 Å².